The summed E-state index contributed by atoms with van der Waals surface area (Å²) in [4.78, 5) is 14.9. The number of carbonyl (C=O) groups is 1. The summed E-state index contributed by atoms with van der Waals surface area (Å²) in [5, 5.41) is 0.637. The molecular formula is C10H20N2OS. The van der Waals surface area contributed by atoms with Gasteiger partial charge in [0.1, 0.15) is 0 Å². The van der Waals surface area contributed by atoms with Gasteiger partial charge in [-0.3, -0.25) is 9.69 Å². The summed E-state index contributed by atoms with van der Waals surface area (Å²) >= 11 is 5.28. The zero-order chi connectivity index (χ0) is 11.3. The van der Waals surface area contributed by atoms with Crippen molar-refractivity contribution in [1.29, 1.82) is 0 Å². The van der Waals surface area contributed by atoms with Crippen LogP contribution in [0.2, 0.25) is 0 Å². The molecule has 0 rings (SSSR count). The maximum absolute atomic E-state index is 11.3. The molecule has 0 saturated heterocycles. The fourth-order valence-corrected chi connectivity index (χ4v) is 1.97. The van der Waals surface area contributed by atoms with E-state index in [2.05, 4.69) is 13.8 Å². The monoisotopic (exact) mass is 216 g/mol. The second-order valence-corrected chi connectivity index (χ2v) is 3.79. The topological polar surface area (TPSA) is 23.6 Å². The van der Waals surface area contributed by atoms with Crippen molar-refractivity contribution in [3.63, 3.8) is 0 Å². The maximum atomic E-state index is 11.3. The van der Waals surface area contributed by atoms with Gasteiger partial charge in [0, 0.05) is 26.1 Å². The third-order valence-corrected chi connectivity index (χ3v) is 2.59. The number of hydrogen-bond donors (Lipinski definition) is 0. The average Bonchev–Trinajstić information content (AvgIpc) is 2.04. The highest BCUT2D eigenvalue weighted by Gasteiger charge is 2.19. The van der Waals surface area contributed by atoms with Gasteiger partial charge in [-0.05, 0) is 39.9 Å². The van der Waals surface area contributed by atoms with E-state index in [0.717, 1.165) is 6.54 Å². The molecule has 0 fully saturated rings. The highest BCUT2D eigenvalue weighted by atomic mass is 32.1. The molecule has 0 saturated carbocycles. The Bertz CT molecular complexity index is 216. The molecule has 0 aliphatic heterocycles. The predicted molar refractivity (Wildman–Crippen MR) is 63.2 cm³/mol. The lowest BCUT2D eigenvalue weighted by Crippen LogP contribution is -2.47. The fourth-order valence-electron chi connectivity index (χ4n) is 1.37. The molecule has 0 spiro atoms. The molecule has 0 unspecified atom stereocenters. The molecule has 4 heteroatoms. The summed E-state index contributed by atoms with van der Waals surface area (Å²) in [6.45, 7) is 11.1. The Labute approximate surface area is 92.1 Å². The number of carbonyl (C=O) groups excluding carboxylic acids is 1. The molecule has 1 amide bonds. The summed E-state index contributed by atoms with van der Waals surface area (Å²) in [5.74, 6) is 0.0107. The van der Waals surface area contributed by atoms with Crippen LogP contribution in [-0.2, 0) is 4.79 Å². The van der Waals surface area contributed by atoms with Crippen LogP contribution in [0.25, 0.3) is 0 Å². The summed E-state index contributed by atoms with van der Waals surface area (Å²) < 4.78 is 0. The van der Waals surface area contributed by atoms with Crippen molar-refractivity contribution in [2.45, 2.75) is 40.7 Å². The summed E-state index contributed by atoms with van der Waals surface area (Å²) in [6, 6.07) is 0.334. The average molecular weight is 216 g/mol. The zero-order valence-electron chi connectivity index (χ0n) is 9.70. The molecule has 0 N–H and O–H groups in total. The van der Waals surface area contributed by atoms with Gasteiger partial charge in [0.15, 0.2) is 5.11 Å². The molecule has 0 aromatic heterocycles. The van der Waals surface area contributed by atoms with Crippen LogP contribution in [0.15, 0.2) is 0 Å². The Morgan fingerprint density at radius 3 is 2.00 bits per heavy atom. The highest BCUT2D eigenvalue weighted by molar-refractivity contribution is 7.80. The molecule has 0 bridgehead atoms. The van der Waals surface area contributed by atoms with Crippen molar-refractivity contribution in [3.05, 3.63) is 0 Å². The standard InChI is InChI=1S/C10H20N2OS/c1-6-11(8(3)4)10(14)12(7-2)9(5)13/h8H,6-7H2,1-5H3. The summed E-state index contributed by atoms with van der Waals surface area (Å²) in [6.07, 6.45) is 0. The minimum absolute atomic E-state index is 0.0107. The molecule has 0 aliphatic rings. The smallest absolute Gasteiger partial charge is 0.225 e. The first-order chi connectivity index (χ1) is 6.45. The van der Waals surface area contributed by atoms with E-state index in [1.807, 2.05) is 18.7 Å². The molecule has 3 nitrogen and oxygen atoms in total. The number of amides is 1. The van der Waals surface area contributed by atoms with Gasteiger partial charge < -0.3 is 4.90 Å². The molecule has 0 aliphatic carbocycles. The van der Waals surface area contributed by atoms with Gasteiger partial charge in [-0.25, -0.2) is 0 Å². The van der Waals surface area contributed by atoms with Crippen LogP contribution in [-0.4, -0.2) is 40.0 Å². The quantitative estimate of drug-likeness (QED) is 0.673. The molecule has 0 heterocycles. The largest absolute Gasteiger partial charge is 0.347 e. The molecule has 82 valence electrons. The van der Waals surface area contributed by atoms with E-state index < -0.39 is 0 Å². The number of nitrogens with zero attached hydrogens (tertiary/aromatic N) is 2. The first-order valence-corrected chi connectivity index (χ1v) is 5.45. The van der Waals surface area contributed by atoms with E-state index in [0.29, 0.717) is 17.7 Å². The predicted octanol–water partition coefficient (Wildman–Crippen LogP) is 1.87. The fraction of sp³-hybridized carbons (Fsp3) is 0.800. The van der Waals surface area contributed by atoms with Crippen LogP contribution in [0.1, 0.15) is 34.6 Å². The maximum Gasteiger partial charge on any atom is 0.225 e. The van der Waals surface area contributed by atoms with Gasteiger partial charge >= 0.3 is 0 Å². The SMILES string of the molecule is CCN(C(C)=O)C(=S)N(CC)C(C)C. The molecule has 0 aromatic rings. The summed E-state index contributed by atoms with van der Waals surface area (Å²) in [7, 11) is 0. The van der Waals surface area contributed by atoms with Gasteiger partial charge in [0.25, 0.3) is 0 Å². The minimum atomic E-state index is 0.0107. The van der Waals surface area contributed by atoms with Crippen LogP contribution in [0.3, 0.4) is 0 Å². The van der Waals surface area contributed by atoms with Crippen LogP contribution in [0.4, 0.5) is 0 Å². The van der Waals surface area contributed by atoms with Gasteiger partial charge in [-0.1, -0.05) is 0 Å². The zero-order valence-corrected chi connectivity index (χ0v) is 10.5. The van der Waals surface area contributed by atoms with Crippen molar-refractivity contribution in [3.8, 4) is 0 Å². The molecule has 0 radical (unpaired) electrons. The van der Waals surface area contributed by atoms with E-state index in [-0.39, 0.29) is 5.91 Å². The van der Waals surface area contributed by atoms with E-state index in [1.165, 1.54) is 0 Å². The molecule has 0 aromatic carbocycles. The van der Waals surface area contributed by atoms with Crippen LogP contribution in [0, 0.1) is 0 Å². The normalized spacial score (nSPS) is 10.1. The van der Waals surface area contributed by atoms with E-state index >= 15 is 0 Å². The van der Waals surface area contributed by atoms with Crippen molar-refractivity contribution in [1.82, 2.24) is 9.80 Å². The Kier molecular flexibility index (Phi) is 5.69. The van der Waals surface area contributed by atoms with Gasteiger partial charge in [-0.2, -0.15) is 0 Å². The summed E-state index contributed by atoms with van der Waals surface area (Å²) in [5.41, 5.74) is 0. The van der Waals surface area contributed by atoms with Crippen molar-refractivity contribution in [2.24, 2.45) is 0 Å². The molecular weight excluding hydrogens is 196 g/mol. The lowest BCUT2D eigenvalue weighted by molar-refractivity contribution is -0.125. The van der Waals surface area contributed by atoms with Crippen molar-refractivity contribution >= 4 is 23.2 Å². The van der Waals surface area contributed by atoms with Gasteiger partial charge in [0.2, 0.25) is 5.91 Å². The van der Waals surface area contributed by atoms with Crippen LogP contribution >= 0.6 is 12.2 Å². The Morgan fingerprint density at radius 1 is 1.29 bits per heavy atom. The second-order valence-electron chi connectivity index (χ2n) is 3.43. The highest BCUT2D eigenvalue weighted by Crippen LogP contribution is 2.05. The number of rotatable bonds is 3. The van der Waals surface area contributed by atoms with Crippen molar-refractivity contribution in [2.75, 3.05) is 13.1 Å². The van der Waals surface area contributed by atoms with Crippen LogP contribution < -0.4 is 0 Å². The Morgan fingerprint density at radius 2 is 1.79 bits per heavy atom. The minimum Gasteiger partial charge on any atom is -0.347 e. The second kappa shape index (κ2) is 5.96. The first kappa shape index (κ1) is 13.4. The lowest BCUT2D eigenvalue weighted by Gasteiger charge is -2.33. The molecule has 14 heavy (non-hydrogen) atoms. The van der Waals surface area contributed by atoms with Gasteiger partial charge in [0.05, 0.1) is 0 Å². The Hall–Kier alpha value is -0.640. The van der Waals surface area contributed by atoms with E-state index in [1.54, 1.807) is 11.8 Å². The first-order valence-electron chi connectivity index (χ1n) is 5.04. The number of thiocarbonyl (C=S) groups is 1. The third-order valence-electron chi connectivity index (χ3n) is 2.14. The lowest BCUT2D eigenvalue weighted by atomic mass is 10.3. The van der Waals surface area contributed by atoms with Crippen LogP contribution in [0.5, 0.6) is 0 Å². The van der Waals surface area contributed by atoms with Gasteiger partial charge in [-0.15, -0.1) is 0 Å². The molecule has 0 atom stereocenters. The van der Waals surface area contributed by atoms with E-state index in [9.17, 15) is 4.79 Å². The van der Waals surface area contributed by atoms with Crippen molar-refractivity contribution < 1.29 is 4.79 Å². The Balaban J connectivity index is 4.62. The number of hydrogen-bond acceptors (Lipinski definition) is 2. The van der Waals surface area contributed by atoms with E-state index in [4.69, 9.17) is 12.2 Å². The third kappa shape index (κ3) is 3.25.